The first-order valence-electron chi connectivity index (χ1n) is 4.12. The molecule has 1 unspecified atom stereocenters. The Kier molecular flexibility index (Phi) is 5.76. The highest BCUT2D eigenvalue weighted by Crippen LogP contribution is 2.49. The van der Waals surface area contributed by atoms with E-state index in [1.165, 1.54) is 7.11 Å². The van der Waals surface area contributed by atoms with E-state index in [9.17, 15) is 4.57 Å². The van der Waals surface area contributed by atoms with Crippen LogP contribution in [0.25, 0.3) is 0 Å². The number of nitrogens with zero attached hydrogens (tertiary/aromatic N) is 1. The highest BCUT2D eigenvalue weighted by molar-refractivity contribution is 7.51. The molecule has 4 nitrogen and oxygen atoms in total. The Bertz CT molecular complexity index is 163. The quantitative estimate of drug-likeness (QED) is 0.608. The van der Waals surface area contributed by atoms with Gasteiger partial charge in [-0.3, -0.25) is 9.05 Å². The van der Waals surface area contributed by atoms with E-state index in [2.05, 4.69) is 0 Å². The molecule has 0 aliphatic heterocycles. The van der Waals surface area contributed by atoms with E-state index < -0.39 is 7.75 Å². The zero-order chi connectivity index (χ0) is 9.61. The molecule has 0 radical (unpaired) electrons. The highest BCUT2D eigenvalue weighted by Gasteiger charge is 2.27. The van der Waals surface area contributed by atoms with Gasteiger partial charge in [0.05, 0.1) is 6.61 Å². The maximum absolute atomic E-state index is 11.8. The lowest BCUT2D eigenvalue weighted by atomic mass is 10.5. The van der Waals surface area contributed by atoms with Crippen LogP contribution in [0.5, 0.6) is 0 Å². The molecule has 0 amide bonds. The first-order valence-corrected chi connectivity index (χ1v) is 5.62. The van der Waals surface area contributed by atoms with Crippen LogP contribution < -0.4 is 0 Å². The zero-order valence-electron chi connectivity index (χ0n) is 8.24. The Balaban J connectivity index is 4.19. The molecule has 0 bridgehead atoms. The van der Waals surface area contributed by atoms with Crippen molar-refractivity contribution in [2.24, 2.45) is 0 Å². The first kappa shape index (κ1) is 12.1. The van der Waals surface area contributed by atoms with E-state index in [1.807, 2.05) is 6.92 Å². The lowest BCUT2D eigenvalue weighted by Crippen LogP contribution is -2.18. The van der Waals surface area contributed by atoms with Gasteiger partial charge in [-0.05, 0) is 20.4 Å². The smallest absolute Gasteiger partial charge is 0.300 e. The Morgan fingerprint density at radius 3 is 2.33 bits per heavy atom. The fourth-order valence-corrected chi connectivity index (χ4v) is 2.25. The summed E-state index contributed by atoms with van der Waals surface area (Å²) in [4.78, 5) is 0. The van der Waals surface area contributed by atoms with E-state index in [4.69, 9.17) is 9.05 Å². The average Bonchev–Trinajstić information content (AvgIpc) is 2.05. The van der Waals surface area contributed by atoms with Crippen LogP contribution in [0, 0.1) is 0 Å². The van der Waals surface area contributed by atoms with Gasteiger partial charge in [-0.2, -0.15) is 0 Å². The molecular weight excluding hydrogens is 177 g/mol. The molecular formula is C7H18NO3P. The monoisotopic (exact) mass is 195 g/mol. The molecule has 0 fully saturated rings. The molecule has 0 saturated carbocycles. The predicted octanol–water partition coefficient (Wildman–Crippen LogP) is 2.12. The van der Waals surface area contributed by atoms with Crippen molar-refractivity contribution in [2.45, 2.75) is 20.3 Å². The van der Waals surface area contributed by atoms with Crippen LogP contribution in [0.4, 0.5) is 0 Å². The summed E-state index contributed by atoms with van der Waals surface area (Å²) in [6, 6.07) is 0. The summed E-state index contributed by atoms with van der Waals surface area (Å²) >= 11 is 0. The van der Waals surface area contributed by atoms with Crippen LogP contribution in [-0.2, 0) is 13.6 Å². The summed E-state index contributed by atoms with van der Waals surface area (Å²) in [6.45, 7) is 4.93. The third kappa shape index (κ3) is 3.23. The SMILES string of the molecule is CCCN(C)P(=O)(OC)OCC. The van der Waals surface area contributed by atoms with Gasteiger partial charge < -0.3 is 0 Å². The number of hydrogen-bond acceptors (Lipinski definition) is 3. The second-order valence-corrected chi connectivity index (χ2v) is 4.69. The molecule has 0 aliphatic carbocycles. The molecule has 0 heterocycles. The van der Waals surface area contributed by atoms with Crippen molar-refractivity contribution in [2.75, 3.05) is 27.3 Å². The van der Waals surface area contributed by atoms with Crippen LogP contribution in [-0.4, -0.2) is 32.0 Å². The van der Waals surface area contributed by atoms with E-state index in [0.717, 1.165) is 6.42 Å². The largest absolute Gasteiger partial charge is 0.407 e. The molecule has 0 spiro atoms. The number of hydrogen-bond donors (Lipinski definition) is 0. The van der Waals surface area contributed by atoms with Gasteiger partial charge in [0.1, 0.15) is 0 Å². The minimum Gasteiger partial charge on any atom is -0.300 e. The van der Waals surface area contributed by atoms with E-state index in [1.54, 1.807) is 18.6 Å². The summed E-state index contributed by atoms with van der Waals surface area (Å²) in [7, 11) is 0.170. The summed E-state index contributed by atoms with van der Waals surface area (Å²) in [5.41, 5.74) is 0. The minimum absolute atomic E-state index is 0.402. The average molecular weight is 195 g/mol. The summed E-state index contributed by atoms with van der Waals surface area (Å²) in [6.07, 6.45) is 0.928. The lowest BCUT2D eigenvalue weighted by Gasteiger charge is -2.24. The maximum Gasteiger partial charge on any atom is 0.407 e. The van der Waals surface area contributed by atoms with E-state index in [0.29, 0.717) is 13.2 Å². The zero-order valence-corrected chi connectivity index (χ0v) is 9.13. The fraction of sp³-hybridized carbons (Fsp3) is 1.00. The van der Waals surface area contributed by atoms with Crippen molar-refractivity contribution >= 4 is 7.75 Å². The molecule has 0 N–H and O–H groups in total. The third-order valence-corrected chi connectivity index (χ3v) is 3.57. The fourth-order valence-electron chi connectivity index (χ4n) is 0.900. The van der Waals surface area contributed by atoms with Crippen molar-refractivity contribution in [3.05, 3.63) is 0 Å². The van der Waals surface area contributed by atoms with Crippen molar-refractivity contribution < 1.29 is 13.6 Å². The third-order valence-electron chi connectivity index (χ3n) is 1.49. The molecule has 74 valence electrons. The lowest BCUT2D eigenvalue weighted by molar-refractivity contribution is 0.197. The van der Waals surface area contributed by atoms with Gasteiger partial charge in [0.15, 0.2) is 0 Å². The van der Waals surface area contributed by atoms with E-state index >= 15 is 0 Å². The van der Waals surface area contributed by atoms with Gasteiger partial charge in [-0.1, -0.05) is 6.92 Å². The molecule has 0 aliphatic rings. The van der Waals surface area contributed by atoms with Crippen LogP contribution in [0.3, 0.4) is 0 Å². The summed E-state index contributed by atoms with van der Waals surface area (Å²) in [5, 5.41) is 0. The van der Waals surface area contributed by atoms with Crippen molar-refractivity contribution in [1.29, 1.82) is 0 Å². The molecule has 1 atom stereocenters. The Morgan fingerprint density at radius 1 is 1.42 bits per heavy atom. The Morgan fingerprint density at radius 2 is 2.00 bits per heavy atom. The predicted molar refractivity (Wildman–Crippen MR) is 49.2 cm³/mol. The van der Waals surface area contributed by atoms with Crippen LogP contribution in [0.2, 0.25) is 0 Å². The Hall–Kier alpha value is 0.110. The van der Waals surface area contributed by atoms with Gasteiger partial charge in [-0.25, -0.2) is 9.24 Å². The minimum atomic E-state index is -2.97. The van der Waals surface area contributed by atoms with Crippen LogP contribution in [0.1, 0.15) is 20.3 Å². The maximum atomic E-state index is 11.8. The van der Waals surface area contributed by atoms with Gasteiger partial charge in [-0.15, -0.1) is 0 Å². The van der Waals surface area contributed by atoms with Gasteiger partial charge >= 0.3 is 7.75 Å². The Labute approximate surface area is 74.4 Å². The second kappa shape index (κ2) is 5.70. The molecule has 0 aromatic heterocycles. The topological polar surface area (TPSA) is 38.8 Å². The van der Waals surface area contributed by atoms with Crippen molar-refractivity contribution in [1.82, 2.24) is 4.67 Å². The molecule has 5 heteroatoms. The first-order chi connectivity index (χ1) is 5.60. The molecule has 0 saturated heterocycles. The molecule has 0 aromatic rings. The summed E-state index contributed by atoms with van der Waals surface area (Å²) < 4.78 is 23.3. The van der Waals surface area contributed by atoms with Gasteiger partial charge in [0.25, 0.3) is 0 Å². The van der Waals surface area contributed by atoms with Crippen molar-refractivity contribution in [3.8, 4) is 0 Å². The van der Waals surface area contributed by atoms with E-state index in [-0.39, 0.29) is 0 Å². The van der Waals surface area contributed by atoms with Crippen LogP contribution >= 0.6 is 7.75 Å². The van der Waals surface area contributed by atoms with Crippen molar-refractivity contribution in [3.63, 3.8) is 0 Å². The molecule has 0 rings (SSSR count). The highest BCUT2D eigenvalue weighted by atomic mass is 31.2. The normalized spacial score (nSPS) is 16.4. The molecule has 0 aromatic carbocycles. The van der Waals surface area contributed by atoms with Crippen LogP contribution in [0.15, 0.2) is 0 Å². The van der Waals surface area contributed by atoms with Gasteiger partial charge in [0.2, 0.25) is 0 Å². The second-order valence-electron chi connectivity index (χ2n) is 2.45. The molecule has 12 heavy (non-hydrogen) atoms. The number of rotatable bonds is 6. The summed E-state index contributed by atoms with van der Waals surface area (Å²) in [5.74, 6) is 0. The standard InChI is InChI=1S/C7H18NO3P/c1-5-7-8(3)12(9,10-4)11-6-2/h5-7H2,1-4H3. The van der Waals surface area contributed by atoms with Gasteiger partial charge in [0, 0.05) is 13.7 Å².